The summed E-state index contributed by atoms with van der Waals surface area (Å²) < 4.78 is 21.0. The summed E-state index contributed by atoms with van der Waals surface area (Å²) in [7, 11) is 0. The molecule has 0 amide bonds. The van der Waals surface area contributed by atoms with Crippen LogP contribution in [0.25, 0.3) is 55.7 Å². The molecule has 5 aromatic heterocycles. The number of nitrogens with two attached hydrogens (primary N) is 4. The van der Waals surface area contributed by atoms with Gasteiger partial charge in [-0.3, -0.25) is 14.8 Å². The van der Waals surface area contributed by atoms with Gasteiger partial charge < -0.3 is 47.2 Å². The van der Waals surface area contributed by atoms with Crippen LogP contribution in [0.4, 0.5) is 34.7 Å². The van der Waals surface area contributed by atoms with Crippen molar-refractivity contribution in [3.05, 3.63) is 109 Å². The normalized spacial score (nSPS) is 19.8. The molecule has 2 aliphatic heterocycles. The molecule has 4 fully saturated rings. The van der Waals surface area contributed by atoms with Crippen LogP contribution in [0, 0.1) is 26.0 Å². The molecule has 20 nitrogen and oxygen atoms in total. The zero-order valence-corrected chi connectivity index (χ0v) is 50.4. The van der Waals surface area contributed by atoms with E-state index in [0.717, 1.165) is 164 Å². The Morgan fingerprint density at radius 3 is 1.52 bits per heavy atom. The molecule has 0 spiro atoms. The summed E-state index contributed by atoms with van der Waals surface area (Å²) in [6, 6.07) is 31.0. The van der Waals surface area contributed by atoms with Crippen molar-refractivity contribution >= 4 is 67.9 Å². The van der Waals surface area contributed by atoms with Crippen molar-refractivity contribution in [1.82, 2.24) is 54.3 Å². The number of aromatic hydroxyl groups is 1. The third-order valence-corrected chi connectivity index (χ3v) is 15.3. The molecule has 2 saturated heterocycles. The van der Waals surface area contributed by atoms with E-state index in [1.807, 2.05) is 74.5 Å². The molecule has 0 unspecified atom stereocenters. The van der Waals surface area contributed by atoms with Crippen molar-refractivity contribution in [3.8, 4) is 28.3 Å². The maximum atomic E-state index is 8.86. The number of aromatic nitrogens is 9. The number of aryl methyl sites for hydroxylation is 2. The summed E-state index contributed by atoms with van der Waals surface area (Å²) in [5, 5.41) is 23.8. The van der Waals surface area contributed by atoms with E-state index in [9.17, 15) is 0 Å². The molecule has 9 aromatic rings. The Bertz CT molecular complexity index is 3450. The van der Waals surface area contributed by atoms with Crippen molar-refractivity contribution < 1.29 is 84.4 Å². The number of morpholine rings is 2. The number of anilines is 6. The molecule has 2 radical (unpaired) electrons. The van der Waals surface area contributed by atoms with Crippen molar-refractivity contribution in [3.63, 3.8) is 0 Å². The number of hydrogen-bond acceptors (Lipinski definition) is 18. The number of fused-ring (bicyclic) bond motifs is 3. The number of nitrogens with zero attached hydrogens (tertiary/aromatic N) is 11. The molecule has 4 aliphatic rings. The van der Waals surface area contributed by atoms with Gasteiger partial charge in [0, 0.05) is 138 Å². The van der Waals surface area contributed by atoms with E-state index < -0.39 is 0 Å². The SMILES string of the molecule is Cc1c[c-]c(O)c(N)c1.Cc1c[c-]c2oc(Nc3ccc(-c4nn(C5CCC(N6CCOCC6)CC5)c5ncnc(N)c45)cc3)nc2c1.Nc1ccc(-c2nn(C3CCC(N4CCOCC4)CC3)c3ncnc(N)c23)cc1.[Y].[Y]. The second kappa shape index (κ2) is 26.3. The van der Waals surface area contributed by atoms with Crippen LogP contribution < -0.4 is 28.3 Å². The van der Waals surface area contributed by atoms with Crippen molar-refractivity contribution in [2.24, 2.45) is 0 Å². The van der Waals surface area contributed by atoms with E-state index in [2.05, 4.69) is 61.5 Å². The van der Waals surface area contributed by atoms with Crippen LogP contribution in [0.1, 0.15) is 74.6 Å². The average molecular weight is 1220 g/mol. The van der Waals surface area contributed by atoms with Gasteiger partial charge in [-0.1, -0.05) is 38.1 Å². The quantitative estimate of drug-likeness (QED) is 0.0473. The molecule has 2 saturated carbocycles. The summed E-state index contributed by atoms with van der Waals surface area (Å²) in [5.74, 6) is 0.944. The van der Waals surface area contributed by atoms with Crippen LogP contribution in [0.15, 0.2) is 89.9 Å². The van der Waals surface area contributed by atoms with Gasteiger partial charge in [0.1, 0.15) is 35.7 Å². The molecule has 22 heteroatoms. The Balaban J connectivity index is 0.000000166. The molecule has 0 bridgehead atoms. The molecular formula is C57H66N16O4Y2-2. The standard InChI is InChI=1S/C29H31N8O2.C21H27N7O.C7H8NO.2Y/c1-18-2-11-24-23(16-18)34-29(39-24)33-20-5-3-19(4-6-20)26-25-27(30)31-17-32-28(25)37(35-26)22-9-7-21(8-10-22)36-12-14-38-15-13-36;22-15-3-1-14(2-4-15)19-18-20(23)24-13-25-21(18)28(26-19)17-7-5-16(6-8-17)27-9-11-29-12-10-27;1-5-2-3-7(9)6(8)4-5;;/h2-6,16-17,21-22H,7-10,12-15H2,1H3,(H,33,34)(H2,30,31,32);1-4,13,16-17H,5-12,22H2,(H2,23,24,25);2,4,9H,8H2,1H3;;/q-1;;-1;;. The van der Waals surface area contributed by atoms with Crippen LogP contribution in [0.3, 0.4) is 0 Å². The van der Waals surface area contributed by atoms with Crippen LogP contribution in [-0.2, 0) is 74.9 Å². The first-order chi connectivity index (χ1) is 37.5. The Hall–Kier alpha value is -5.70. The molecule has 4 aromatic carbocycles. The topological polar surface area (TPSA) is 275 Å². The number of hydrogen-bond donors (Lipinski definition) is 6. The van der Waals surface area contributed by atoms with E-state index in [1.54, 1.807) is 12.1 Å². The van der Waals surface area contributed by atoms with Gasteiger partial charge in [0.05, 0.1) is 49.3 Å². The summed E-state index contributed by atoms with van der Waals surface area (Å²) in [6.07, 6.45) is 12.0. The molecular weight excluding hydrogens is 1150 g/mol. The third kappa shape index (κ3) is 13.2. The fraction of sp³-hybridized carbons (Fsp3) is 0.386. The van der Waals surface area contributed by atoms with Crippen LogP contribution in [-0.4, -0.2) is 124 Å². The van der Waals surface area contributed by atoms with Gasteiger partial charge in [-0.2, -0.15) is 33.5 Å². The van der Waals surface area contributed by atoms with E-state index in [-0.39, 0.29) is 77.2 Å². The third-order valence-electron chi connectivity index (χ3n) is 15.3. The number of ether oxygens (including phenoxy) is 2. The van der Waals surface area contributed by atoms with E-state index in [4.69, 9.17) is 52.1 Å². The van der Waals surface area contributed by atoms with Crippen LogP contribution in [0.5, 0.6) is 5.75 Å². The number of phenols is 1. The predicted molar refractivity (Wildman–Crippen MR) is 299 cm³/mol. The summed E-state index contributed by atoms with van der Waals surface area (Å²) in [4.78, 5) is 27.4. The molecule has 13 rings (SSSR count). The number of benzene rings is 4. The van der Waals surface area contributed by atoms with Crippen LogP contribution in [0.2, 0.25) is 0 Å². The Labute approximate surface area is 509 Å². The van der Waals surface area contributed by atoms with E-state index >= 15 is 0 Å². The Morgan fingerprint density at radius 2 is 1.04 bits per heavy atom. The van der Waals surface area contributed by atoms with Gasteiger partial charge in [0.15, 0.2) is 11.3 Å². The molecule has 2 aliphatic carbocycles. The van der Waals surface area contributed by atoms with Crippen molar-refractivity contribution in [2.75, 3.05) is 80.9 Å². The summed E-state index contributed by atoms with van der Waals surface area (Å²) in [6.45, 7) is 11.4. The van der Waals surface area contributed by atoms with E-state index in [1.165, 1.54) is 25.5 Å². The second-order valence-electron chi connectivity index (χ2n) is 20.4. The summed E-state index contributed by atoms with van der Waals surface area (Å²) >= 11 is 0. The second-order valence-corrected chi connectivity index (χ2v) is 20.4. The monoisotopic (exact) mass is 1220 g/mol. The average Bonchev–Trinajstić information content (AvgIpc) is 4.41. The fourth-order valence-electron chi connectivity index (χ4n) is 11.2. The number of nitrogens with one attached hydrogen (secondary N) is 1. The number of nitrogen functional groups attached to an aromatic ring is 4. The number of rotatable bonds is 8. The predicted octanol–water partition coefficient (Wildman–Crippen LogP) is 8.44. The largest absolute Gasteiger partial charge is 0.532 e. The maximum absolute atomic E-state index is 8.86. The zero-order chi connectivity index (χ0) is 53.0. The summed E-state index contributed by atoms with van der Waals surface area (Å²) in [5.41, 5.74) is 34.5. The minimum atomic E-state index is 0. The van der Waals surface area contributed by atoms with Gasteiger partial charge in [0.25, 0.3) is 6.01 Å². The maximum Gasteiger partial charge on any atom is 0.285 e. The molecule has 406 valence electrons. The first-order valence-electron chi connectivity index (χ1n) is 26.6. The van der Waals surface area contributed by atoms with E-state index in [0.29, 0.717) is 47.0 Å². The molecule has 10 N–H and O–H groups in total. The van der Waals surface area contributed by atoms with Gasteiger partial charge >= 0.3 is 0 Å². The fourth-order valence-corrected chi connectivity index (χ4v) is 11.2. The minimum Gasteiger partial charge on any atom is -0.532 e. The molecule has 79 heavy (non-hydrogen) atoms. The van der Waals surface area contributed by atoms with Gasteiger partial charge in [-0.15, -0.1) is 24.3 Å². The minimum absolute atomic E-state index is 0. The first-order valence-corrected chi connectivity index (χ1v) is 26.6. The molecule has 7 heterocycles. The number of oxazole rings is 1. The van der Waals surface area contributed by atoms with Crippen molar-refractivity contribution in [1.29, 1.82) is 0 Å². The van der Waals surface area contributed by atoms with Crippen molar-refractivity contribution in [2.45, 2.75) is 89.4 Å². The molecule has 0 atom stereocenters. The van der Waals surface area contributed by atoms with Gasteiger partial charge in [-0.05, 0) is 86.8 Å². The Kier molecular flexibility index (Phi) is 19.3. The smallest absolute Gasteiger partial charge is 0.285 e. The van der Waals surface area contributed by atoms with Crippen LogP contribution >= 0.6 is 0 Å². The first kappa shape index (κ1) is 58.0. The van der Waals surface area contributed by atoms with Gasteiger partial charge in [-0.25, -0.2) is 29.3 Å². The Morgan fingerprint density at radius 1 is 0.582 bits per heavy atom. The van der Waals surface area contributed by atoms with Gasteiger partial charge in [0.2, 0.25) is 0 Å². The number of phenolic OH excluding ortho intramolecular Hbond substituents is 1. The zero-order valence-electron chi connectivity index (χ0n) is 44.8.